The Morgan fingerprint density at radius 1 is 0.697 bits per heavy atom. The Labute approximate surface area is 205 Å². The summed E-state index contributed by atoms with van der Waals surface area (Å²) < 4.78 is 5.47. The average molecular weight is 461 g/mol. The molecule has 0 saturated heterocycles. The van der Waals surface area contributed by atoms with Gasteiger partial charge in [0, 0.05) is 17.4 Å². The van der Waals surface area contributed by atoms with Crippen LogP contribution in [0.2, 0.25) is 0 Å². The Balaban J connectivity index is 0. The Kier molecular flexibility index (Phi) is 16.9. The van der Waals surface area contributed by atoms with Crippen LogP contribution in [0.3, 0.4) is 0 Å². The molecule has 0 bridgehead atoms. The van der Waals surface area contributed by atoms with Crippen molar-refractivity contribution in [2.24, 2.45) is 11.8 Å². The lowest BCUT2D eigenvalue weighted by molar-refractivity contribution is 0.0516. The van der Waals surface area contributed by atoms with Gasteiger partial charge in [0.05, 0.1) is 12.2 Å². The van der Waals surface area contributed by atoms with Crippen molar-refractivity contribution >= 4 is 0 Å². The molecule has 2 N–H and O–H groups in total. The molecule has 1 heterocycles. The molecule has 1 aliphatic heterocycles. The van der Waals surface area contributed by atoms with E-state index in [-0.39, 0.29) is 33.0 Å². The zero-order valence-electron chi connectivity index (χ0n) is 20.8. The Bertz CT molecular complexity index is 754. The van der Waals surface area contributed by atoms with Crippen LogP contribution < -0.4 is 4.74 Å². The van der Waals surface area contributed by atoms with Crippen LogP contribution in [0.25, 0.3) is 0 Å². The zero-order chi connectivity index (χ0) is 23.6. The summed E-state index contributed by atoms with van der Waals surface area (Å²) in [5.41, 5.74) is 3.82. The van der Waals surface area contributed by atoms with Crippen LogP contribution in [-0.4, -0.2) is 29.0 Å². The molecular formula is C30H52O3. The third-order valence-corrected chi connectivity index (χ3v) is 5.80. The van der Waals surface area contributed by atoms with E-state index in [2.05, 4.69) is 45.9 Å². The standard InChI is InChI=1S/C12H16O2.C12H16O.2C2H6.2CH4/c1-8(2)12-9-5-3-4-6-11(9)14-7-10(12)13;1-8(2)12-10-6-4-3-5-9(10)7-11(12)13;2*1-2;;/h3-6,8,10,12-13H,7H2,1-2H3;3-6,8,11-13H,7H2,1-2H3;2*1-2H3;2*1H4. The minimum atomic E-state index is -0.370. The van der Waals surface area contributed by atoms with Crippen molar-refractivity contribution in [1.82, 2.24) is 0 Å². The van der Waals surface area contributed by atoms with Gasteiger partial charge in [-0.1, -0.05) is 113 Å². The predicted molar refractivity (Wildman–Crippen MR) is 145 cm³/mol. The highest BCUT2D eigenvalue weighted by molar-refractivity contribution is 5.39. The summed E-state index contributed by atoms with van der Waals surface area (Å²) in [7, 11) is 0. The summed E-state index contributed by atoms with van der Waals surface area (Å²) in [6, 6.07) is 16.4. The summed E-state index contributed by atoms with van der Waals surface area (Å²) in [6.07, 6.45) is 0.293. The molecule has 33 heavy (non-hydrogen) atoms. The number of hydrogen-bond acceptors (Lipinski definition) is 3. The van der Waals surface area contributed by atoms with Crippen LogP contribution in [0.1, 0.15) is 98.8 Å². The number of rotatable bonds is 2. The highest BCUT2D eigenvalue weighted by atomic mass is 16.5. The number of benzene rings is 2. The highest BCUT2D eigenvalue weighted by Crippen LogP contribution is 2.39. The Morgan fingerprint density at radius 2 is 1.15 bits per heavy atom. The molecule has 0 amide bonds. The second-order valence-corrected chi connectivity index (χ2v) is 8.43. The van der Waals surface area contributed by atoms with Crippen LogP contribution in [0, 0.1) is 11.8 Å². The average Bonchev–Trinajstić information content (AvgIpc) is 3.12. The molecule has 0 saturated carbocycles. The molecule has 4 atom stereocenters. The Hall–Kier alpha value is -1.84. The first-order chi connectivity index (χ1) is 14.9. The van der Waals surface area contributed by atoms with Gasteiger partial charge in [-0.3, -0.25) is 0 Å². The third-order valence-electron chi connectivity index (χ3n) is 5.80. The molecule has 0 aromatic heterocycles. The van der Waals surface area contributed by atoms with Gasteiger partial charge in [-0.25, -0.2) is 0 Å². The van der Waals surface area contributed by atoms with Crippen molar-refractivity contribution in [2.75, 3.05) is 6.61 Å². The lowest BCUT2D eigenvalue weighted by Gasteiger charge is -2.32. The molecule has 190 valence electrons. The van der Waals surface area contributed by atoms with Gasteiger partial charge < -0.3 is 14.9 Å². The summed E-state index contributed by atoms with van der Waals surface area (Å²) in [4.78, 5) is 0. The molecular weight excluding hydrogens is 408 g/mol. The molecule has 0 fully saturated rings. The fraction of sp³-hybridized carbons (Fsp3) is 0.600. The van der Waals surface area contributed by atoms with E-state index >= 15 is 0 Å². The minimum absolute atomic E-state index is 0. The van der Waals surface area contributed by atoms with Crippen molar-refractivity contribution in [3.05, 3.63) is 65.2 Å². The van der Waals surface area contributed by atoms with Crippen molar-refractivity contribution in [3.63, 3.8) is 0 Å². The minimum Gasteiger partial charge on any atom is -0.491 e. The molecule has 4 unspecified atom stereocenters. The third kappa shape index (κ3) is 8.46. The monoisotopic (exact) mass is 460 g/mol. The fourth-order valence-corrected chi connectivity index (χ4v) is 4.59. The van der Waals surface area contributed by atoms with Crippen molar-refractivity contribution in [2.45, 2.75) is 101 Å². The van der Waals surface area contributed by atoms with Gasteiger partial charge in [-0.05, 0) is 35.4 Å². The van der Waals surface area contributed by atoms with E-state index in [1.807, 2.05) is 58.0 Å². The maximum atomic E-state index is 9.88. The van der Waals surface area contributed by atoms with E-state index in [1.54, 1.807) is 0 Å². The highest BCUT2D eigenvalue weighted by Gasteiger charge is 2.32. The lowest BCUT2D eigenvalue weighted by atomic mass is 9.82. The first-order valence-corrected chi connectivity index (χ1v) is 12.1. The zero-order valence-corrected chi connectivity index (χ0v) is 20.8. The predicted octanol–water partition coefficient (Wildman–Crippen LogP) is 7.85. The summed E-state index contributed by atoms with van der Waals surface area (Å²) in [5, 5.41) is 19.7. The van der Waals surface area contributed by atoms with Crippen molar-refractivity contribution < 1.29 is 14.9 Å². The lowest BCUT2D eigenvalue weighted by Crippen LogP contribution is -2.33. The molecule has 3 nitrogen and oxygen atoms in total. The molecule has 1 aliphatic carbocycles. The smallest absolute Gasteiger partial charge is 0.123 e. The summed E-state index contributed by atoms with van der Waals surface area (Å²) >= 11 is 0. The molecule has 2 aromatic rings. The van der Waals surface area contributed by atoms with E-state index in [1.165, 1.54) is 11.1 Å². The quantitative estimate of drug-likeness (QED) is 0.480. The van der Waals surface area contributed by atoms with Crippen LogP contribution in [-0.2, 0) is 6.42 Å². The fourth-order valence-electron chi connectivity index (χ4n) is 4.59. The molecule has 2 aromatic carbocycles. The molecule has 2 aliphatic rings. The molecule has 0 spiro atoms. The summed E-state index contributed by atoms with van der Waals surface area (Å²) in [6.45, 7) is 17.0. The van der Waals surface area contributed by atoms with Gasteiger partial charge in [0.2, 0.25) is 0 Å². The SMILES string of the molecule is C.C.CC.CC.CC(C)C1c2ccccc2CC1O.CC(C)C1c2ccccc2OCC1O. The van der Waals surface area contributed by atoms with Gasteiger partial charge in [0.25, 0.3) is 0 Å². The number of aliphatic hydroxyl groups excluding tert-OH is 2. The maximum absolute atomic E-state index is 9.88. The Morgan fingerprint density at radius 3 is 1.70 bits per heavy atom. The topological polar surface area (TPSA) is 49.7 Å². The van der Waals surface area contributed by atoms with Gasteiger partial charge in [0.1, 0.15) is 12.4 Å². The van der Waals surface area contributed by atoms with Crippen molar-refractivity contribution in [3.8, 4) is 5.75 Å². The van der Waals surface area contributed by atoms with Crippen LogP contribution in [0.4, 0.5) is 0 Å². The first-order valence-electron chi connectivity index (χ1n) is 12.1. The normalized spacial score (nSPS) is 21.7. The van der Waals surface area contributed by atoms with Gasteiger partial charge in [0.15, 0.2) is 0 Å². The number of para-hydroxylation sites is 1. The number of ether oxygens (including phenoxy) is 1. The van der Waals surface area contributed by atoms with Gasteiger partial charge >= 0.3 is 0 Å². The van der Waals surface area contributed by atoms with Crippen LogP contribution in [0.5, 0.6) is 5.75 Å². The van der Waals surface area contributed by atoms with Crippen molar-refractivity contribution in [1.29, 1.82) is 0 Å². The van der Waals surface area contributed by atoms with E-state index in [0.29, 0.717) is 24.4 Å². The first kappa shape index (κ1) is 33.3. The van der Waals surface area contributed by atoms with Gasteiger partial charge in [-0.15, -0.1) is 0 Å². The van der Waals surface area contributed by atoms with E-state index in [4.69, 9.17) is 4.74 Å². The van der Waals surface area contributed by atoms with E-state index in [9.17, 15) is 10.2 Å². The van der Waals surface area contributed by atoms with E-state index in [0.717, 1.165) is 17.7 Å². The summed E-state index contributed by atoms with van der Waals surface area (Å²) in [5.74, 6) is 2.45. The molecule has 3 heteroatoms. The number of hydrogen-bond donors (Lipinski definition) is 2. The maximum Gasteiger partial charge on any atom is 0.123 e. The second kappa shape index (κ2) is 16.7. The largest absolute Gasteiger partial charge is 0.491 e. The van der Waals surface area contributed by atoms with E-state index < -0.39 is 0 Å². The second-order valence-electron chi connectivity index (χ2n) is 8.43. The number of aliphatic hydroxyl groups is 2. The van der Waals surface area contributed by atoms with Crippen LogP contribution >= 0.6 is 0 Å². The van der Waals surface area contributed by atoms with Gasteiger partial charge in [-0.2, -0.15) is 0 Å². The molecule has 0 radical (unpaired) electrons. The van der Waals surface area contributed by atoms with Crippen LogP contribution in [0.15, 0.2) is 48.5 Å². The number of fused-ring (bicyclic) bond motifs is 2. The molecule has 4 rings (SSSR count).